The Morgan fingerprint density at radius 2 is 2.45 bits per heavy atom. The van der Waals surface area contributed by atoms with E-state index in [1.165, 1.54) is 11.5 Å². The first-order chi connectivity index (χ1) is 5.25. The number of nitrogens with zero attached hydrogens (tertiary/aromatic N) is 2. The Labute approximate surface area is 69.0 Å². The molecule has 0 aliphatic carbocycles. The molecule has 1 N–H and O–H groups in total. The Hall–Kier alpha value is -0.520. The Morgan fingerprint density at radius 1 is 1.73 bits per heavy atom. The number of ether oxygens (including phenoxy) is 1. The summed E-state index contributed by atoms with van der Waals surface area (Å²) in [5.74, 6) is 0. The molecule has 11 heavy (non-hydrogen) atoms. The second-order valence-electron chi connectivity index (χ2n) is 2.19. The van der Waals surface area contributed by atoms with Gasteiger partial charge in [-0.15, -0.1) is 5.10 Å². The number of aryl methyl sites for hydroxylation is 1. The highest BCUT2D eigenvalue weighted by atomic mass is 32.1. The zero-order valence-electron chi connectivity index (χ0n) is 6.44. The van der Waals surface area contributed by atoms with Gasteiger partial charge in [-0.1, -0.05) is 4.49 Å². The lowest BCUT2D eigenvalue weighted by Crippen LogP contribution is -2.04. The van der Waals surface area contributed by atoms with Gasteiger partial charge in [0.1, 0.15) is 6.10 Å². The Balaban J connectivity index is 2.67. The van der Waals surface area contributed by atoms with Crippen molar-refractivity contribution in [3.63, 3.8) is 0 Å². The first-order valence-corrected chi connectivity index (χ1v) is 3.99. The number of hydrogen-bond donors (Lipinski definition) is 1. The van der Waals surface area contributed by atoms with Crippen LogP contribution in [0.2, 0.25) is 0 Å². The number of aromatic nitrogens is 2. The lowest BCUT2D eigenvalue weighted by atomic mass is 10.3. The molecule has 4 nitrogen and oxygen atoms in total. The number of methoxy groups -OCH3 is 1. The molecule has 0 fully saturated rings. The van der Waals surface area contributed by atoms with Crippen molar-refractivity contribution in [2.75, 3.05) is 13.7 Å². The van der Waals surface area contributed by atoms with E-state index in [0.29, 0.717) is 6.61 Å². The highest BCUT2D eigenvalue weighted by molar-refractivity contribution is 7.05. The molecular weight excluding hydrogens is 164 g/mol. The summed E-state index contributed by atoms with van der Waals surface area (Å²) in [6, 6.07) is 0. The molecular formula is C6H10N2O2S. The fourth-order valence-corrected chi connectivity index (χ4v) is 1.39. The SMILES string of the molecule is COCC(O)c1snnc1C. The molecule has 62 valence electrons. The van der Waals surface area contributed by atoms with E-state index in [9.17, 15) is 5.11 Å². The van der Waals surface area contributed by atoms with Crippen LogP contribution in [0, 0.1) is 6.92 Å². The van der Waals surface area contributed by atoms with Crippen LogP contribution in [-0.4, -0.2) is 28.4 Å². The lowest BCUT2D eigenvalue weighted by Gasteiger charge is -2.05. The van der Waals surface area contributed by atoms with Crippen LogP contribution in [0.1, 0.15) is 16.7 Å². The standard InChI is InChI=1S/C6H10N2O2S/c1-4-6(11-8-7-4)5(9)3-10-2/h5,9H,3H2,1-2H3. The van der Waals surface area contributed by atoms with Crippen LogP contribution in [0.3, 0.4) is 0 Å². The molecule has 0 aliphatic rings. The largest absolute Gasteiger partial charge is 0.385 e. The first-order valence-electron chi connectivity index (χ1n) is 3.21. The summed E-state index contributed by atoms with van der Waals surface area (Å²) in [5.41, 5.74) is 0.777. The fraction of sp³-hybridized carbons (Fsp3) is 0.667. The van der Waals surface area contributed by atoms with Crippen molar-refractivity contribution >= 4 is 11.5 Å². The lowest BCUT2D eigenvalue weighted by molar-refractivity contribution is 0.0661. The van der Waals surface area contributed by atoms with Gasteiger partial charge in [0.05, 0.1) is 17.2 Å². The topological polar surface area (TPSA) is 55.2 Å². The monoisotopic (exact) mass is 174 g/mol. The quantitative estimate of drug-likeness (QED) is 0.726. The fourth-order valence-electron chi connectivity index (χ4n) is 0.776. The maximum atomic E-state index is 9.40. The predicted octanol–water partition coefficient (Wildman–Crippen LogP) is 0.526. The summed E-state index contributed by atoms with van der Waals surface area (Å²) in [7, 11) is 1.55. The van der Waals surface area contributed by atoms with E-state index in [1.54, 1.807) is 7.11 Å². The Bertz CT molecular complexity index is 226. The summed E-state index contributed by atoms with van der Waals surface area (Å²) in [6.45, 7) is 2.11. The summed E-state index contributed by atoms with van der Waals surface area (Å²) in [5, 5.41) is 13.2. The van der Waals surface area contributed by atoms with E-state index in [1.807, 2.05) is 6.92 Å². The predicted molar refractivity (Wildman–Crippen MR) is 41.5 cm³/mol. The molecule has 0 aromatic carbocycles. The smallest absolute Gasteiger partial charge is 0.115 e. The zero-order chi connectivity index (χ0) is 8.27. The van der Waals surface area contributed by atoms with Crippen molar-refractivity contribution in [2.45, 2.75) is 13.0 Å². The first kappa shape index (κ1) is 8.58. The zero-order valence-corrected chi connectivity index (χ0v) is 7.26. The Morgan fingerprint density at radius 3 is 2.91 bits per heavy atom. The summed E-state index contributed by atoms with van der Waals surface area (Å²) in [4.78, 5) is 0.784. The molecule has 0 amide bonds. The minimum atomic E-state index is -0.583. The number of hydrogen-bond acceptors (Lipinski definition) is 5. The van der Waals surface area contributed by atoms with Crippen molar-refractivity contribution in [1.82, 2.24) is 9.59 Å². The van der Waals surface area contributed by atoms with Gasteiger partial charge in [-0.25, -0.2) is 0 Å². The van der Waals surface area contributed by atoms with Crippen LogP contribution < -0.4 is 0 Å². The Kier molecular flexibility index (Phi) is 2.92. The average Bonchev–Trinajstić information content (AvgIpc) is 2.36. The van der Waals surface area contributed by atoms with E-state index >= 15 is 0 Å². The maximum Gasteiger partial charge on any atom is 0.115 e. The molecule has 1 aromatic rings. The van der Waals surface area contributed by atoms with Gasteiger partial charge in [0.15, 0.2) is 0 Å². The van der Waals surface area contributed by atoms with E-state index < -0.39 is 6.10 Å². The summed E-state index contributed by atoms with van der Waals surface area (Å²) in [6.07, 6.45) is -0.583. The number of aliphatic hydroxyl groups is 1. The van der Waals surface area contributed by atoms with Gasteiger partial charge in [-0.3, -0.25) is 0 Å². The third-order valence-electron chi connectivity index (χ3n) is 1.31. The van der Waals surface area contributed by atoms with Gasteiger partial charge in [-0.05, 0) is 18.5 Å². The van der Waals surface area contributed by atoms with Gasteiger partial charge < -0.3 is 9.84 Å². The molecule has 5 heteroatoms. The minimum absolute atomic E-state index is 0.296. The van der Waals surface area contributed by atoms with E-state index in [2.05, 4.69) is 9.59 Å². The molecule has 0 aliphatic heterocycles. The normalized spacial score (nSPS) is 13.4. The van der Waals surface area contributed by atoms with Crippen molar-refractivity contribution < 1.29 is 9.84 Å². The second kappa shape index (κ2) is 3.75. The third kappa shape index (κ3) is 1.95. The minimum Gasteiger partial charge on any atom is -0.385 e. The third-order valence-corrected chi connectivity index (χ3v) is 2.24. The maximum absolute atomic E-state index is 9.40. The van der Waals surface area contributed by atoms with Crippen LogP contribution >= 0.6 is 11.5 Å². The van der Waals surface area contributed by atoms with Crippen LogP contribution in [0.15, 0.2) is 0 Å². The van der Waals surface area contributed by atoms with Gasteiger partial charge in [0.2, 0.25) is 0 Å². The molecule has 1 unspecified atom stereocenters. The number of aliphatic hydroxyl groups excluding tert-OH is 1. The van der Waals surface area contributed by atoms with Crippen LogP contribution in [0.4, 0.5) is 0 Å². The molecule has 0 bridgehead atoms. The van der Waals surface area contributed by atoms with Gasteiger partial charge in [0.25, 0.3) is 0 Å². The van der Waals surface area contributed by atoms with Gasteiger partial charge in [-0.2, -0.15) is 0 Å². The summed E-state index contributed by atoms with van der Waals surface area (Å²) >= 11 is 1.21. The average molecular weight is 174 g/mol. The van der Waals surface area contributed by atoms with Gasteiger partial charge in [0, 0.05) is 7.11 Å². The van der Waals surface area contributed by atoms with Crippen molar-refractivity contribution in [2.24, 2.45) is 0 Å². The van der Waals surface area contributed by atoms with Crippen molar-refractivity contribution in [1.29, 1.82) is 0 Å². The van der Waals surface area contributed by atoms with Crippen molar-refractivity contribution in [3.8, 4) is 0 Å². The molecule has 0 radical (unpaired) electrons. The molecule has 0 spiro atoms. The van der Waals surface area contributed by atoms with Crippen LogP contribution in [0.25, 0.3) is 0 Å². The molecule has 1 aromatic heterocycles. The van der Waals surface area contributed by atoms with E-state index in [0.717, 1.165) is 10.6 Å². The highest BCUT2D eigenvalue weighted by Crippen LogP contribution is 2.19. The van der Waals surface area contributed by atoms with Crippen LogP contribution in [-0.2, 0) is 4.74 Å². The highest BCUT2D eigenvalue weighted by Gasteiger charge is 2.12. The van der Waals surface area contributed by atoms with Crippen molar-refractivity contribution in [3.05, 3.63) is 10.6 Å². The number of rotatable bonds is 3. The van der Waals surface area contributed by atoms with Gasteiger partial charge >= 0.3 is 0 Å². The second-order valence-corrected chi connectivity index (χ2v) is 2.98. The molecule has 0 saturated carbocycles. The van der Waals surface area contributed by atoms with E-state index in [4.69, 9.17) is 4.74 Å². The molecule has 1 rings (SSSR count). The molecule has 1 heterocycles. The van der Waals surface area contributed by atoms with E-state index in [-0.39, 0.29) is 0 Å². The van der Waals surface area contributed by atoms with Crippen LogP contribution in [0.5, 0.6) is 0 Å². The summed E-state index contributed by atoms with van der Waals surface area (Å²) < 4.78 is 8.48. The molecule has 1 atom stereocenters. The molecule has 0 saturated heterocycles.